The third-order valence-corrected chi connectivity index (χ3v) is 5.11. The summed E-state index contributed by atoms with van der Waals surface area (Å²) in [5.41, 5.74) is 2.68. The lowest BCUT2D eigenvalue weighted by Crippen LogP contribution is -2.48. The largest absolute Gasteiger partial charge is 0.354 e. The van der Waals surface area contributed by atoms with Gasteiger partial charge in [-0.15, -0.1) is 0 Å². The monoisotopic (exact) mass is 365 g/mol. The molecule has 1 aliphatic rings. The zero-order chi connectivity index (χ0) is 19.1. The predicted octanol–water partition coefficient (Wildman–Crippen LogP) is 3.31. The van der Waals surface area contributed by atoms with Crippen LogP contribution in [0.25, 0.3) is 0 Å². The van der Waals surface area contributed by atoms with Gasteiger partial charge in [-0.1, -0.05) is 60.7 Å². The average molecular weight is 366 g/mol. The summed E-state index contributed by atoms with van der Waals surface area (Å²) >= 11 is 0. The second-order valence-electron chi connectivity index (χ2n) is 7.57. The number of nitrogens with one attached hydrogen (secondary N) is 1. The Bertz CT molecular complexity index is 655. The Morgan fingerprint density at radius 2 is 1.41 bits per heavy atom. The van der Waals surface area contributed by atoms with Crippen LogP contribution in [0.2, 0.25) is 0 Å². The molecule has 0 bridgehead atoms. The fourth-order valence-corrected chi connectivity index (χ4v) is 3.78. The van der Waals surface area contributed by atoms with Crippen LogP contribution in [-0.2, 0) is 4.79 Å². The van der Waals surface area contributed by atoms with Crippen molar-refractivity contribution in [3.05, 3.63) is 71.8 Å². The van der Waals surface area contributed by atoms with Crippen LogP contribution in [0.4, 0.5) is 0 Å². The Labute approximate surface area is 163 Å². The Balaban J connectivity index is 1.61. The standard InChI is InChI=1S/C23H31N3O/c1-19(2)24-22(27)13-14-25-15-17-26(18-16-25)23(20-9-5-3-6-10-20)21-11-7-4-8-12-21/h3-12,19,23H,13-18H2,1-2H3,(H,24,27). The molecule has 0 spiro atoms. The first-order chi connectivity index (χ1) is 13.1. The van der Waals surface area contributed by atoms with Gasteiger partial charge in [0.2, 0.25) is 5.91 Å². The smallest absolute Gasteiger partial charge is 0.221 e. The Morgan fingerprint density at radius 3 is 1.89 bits per heavy atom. The quantitative estimate of drug-likeness (QED) is 0.818. The van der Waals surface area contributed by atoms with E-state index in [1.807, 2.05) is 13.8 Å². The van der Waals surface area contributed by atoms with Gasteiger partial charge in [-0.3, -0.25) is 9.69 Å². The van der Waals surface area contributed by atoms with Crippen molar-refractivity contribution in [2.45, 2.75) is 32.4 Å². The summed E-state index contributed by atoms with van der Waals surface area (Å²) in [6.07, 6.45) is 0.582. The number of benzene rings is 2. The molecule has 144 valence electrons. The van der Waals surface area contributed by atoms with E-state index in [1.54, 1.807) is 0 Å². The molecule has 2 aromatic carbocycles. The van der Waals surface area contributed by atoms with E-state index in [2.05, 4.69) is 75.8 Å². The molecule has 2 aromatic rings. The Hall–Kier alpha value is -2.17. The van der Waals surface area contributed by atoms with E-state index in [1.165, 1.54) is 11.1 Å². The van der Waals surface area contributed by atoms with Crippen molar-refractivity contribution in [1.29, 1.82) is 0 Å². The minimum Gasteiger partial charge on any atom is -0.354 e. The molecule has 1 N–H and O–H groups in total. The number of nitrogens with zero attached hydrogens (tertiary/aromatic N) is 2. The first-order valence-electron chi connectivity index (χ1n) is 9.99. The molecular weight excluding hydrogens is 334 g/mol. The fraction of sp³-hybridized carbons (Fsp3) is 0.435. The zero-order valence-electron chi connectivity index (χ0n) is 16.5. The maximum Gasteiger partial charge on any atom is 0.221 e. The highest BCUT2D eigenvalue weighted by Gasteiger charge is 2.26. The van der Waals surface area contributed by atoms with Crippen molar-refractivity contribution in [3.8, 4) is 0 Å². The van der Waals surface area contributed by atoms with Crippen LogP contribution in [0, 0.1) is 0 Å². The third kappa shape index (κ3) is 5.65. The normalized spacial score (nSPS) is 16.0. The average Bonchev–Trinajstić information content (AvgIpc) is 2.69. The molecule has 1 amide bonds. The van der Waals surface area contributed by atoms with Crippen LogP contribution in [0.15, 0.2) is 60.7 Å². The molecule has 4 nitrogen and oxygen atoms in total. The molecule has 27 heavy (non-hydrogen) atoms. The van der Waals surface area contributed by atoms with E-state index in [9.17, 15) is 4.79 Å². The molecule has 1 aliphatic heterocycles. The van der Waals surface area contributed by atoms with Gasteiger partial charge < -0.3 is 10.2 Å². The maximum absolute atomic E-state index is 11.9. The molecule has 1 saturated heterocycles. The van der Waals surface area contributed by atoms with Crippen molar-refractivity contribution in [2.24, 2.45) is 0 Å². The summed E-state index contributed by atoms with van der Waals surface area (Å²) in [5, 5.41) is 2.98. The molecule has 0 atom stereocenters. The van der Waals surface area contributed by atoms with Gasteiger partial charge in [0.15, 0.2) is 0 Å². The summed E-state index contributed by atoms with van der Waals surface area (Å²) in [6.45, 7) is 8.89. The molecule has 3 rings (SSSR count). The second kappa shape index (κ2) is 9.67. The van der Waals surface area contributed by atoms with Gasteiger partial charge in [0.05, 0.1) is 6.04 Å². The van der Waals surface area contributed by atoms with Crippen LogP contribution in [0.1, 0.15) is 37.4 Å². The van der Waals surface area contributed by atoms with E-state index in [0.717, 1.165) is 32.7 Å². The Kier molecular flexibility index (Phi) is 7.02. The van der Waals surface area contributed by atoms with Gasteiger partial charge in [-0.25, -0.2) is 0 Å². The molecule has 0 unspecified atom stereocenters. The van der Waals surface area contributed by atoms with Crippen molar-refractivity contribution in [1.82, 2.24) is 15.1 Å². The molecule has 1 fully saturated rings. The van der Waals surface area contributed by atoms with Crippen LogP contribution < -0.4 is 5.32 Å². The molecule has 0 radical (unpaired) electrons. The lowest BCUT2D eigenvalue weighted by molar-refractivity contribution is -0.122. The van der Waals surface area contributed by atoms with Crippen LogP contribution in [0.3, 0.4) is 0 Å². The first kappa shape index (κ1) is 19.6. The van der Waals surface area contributed by atoms with Crippen LogP contribution in [0.5, 0.6) is 0 Å². The van der Waals surface area contributed by atoms with E-state index in [4.69, 9.17) is 0 Å². The van der Waals surface area contributed by atoms with E-state index in [0.29, 0.717) is 12.5 Å². The summed E-state index contributed by atoms with van der Waals surface area (Å²) in [7, 11) is 0. The van der Waals surface area contributed by atoms with E-state index < -0.39 is 0 Å². The highest BCUT2D eigenvalue weighted by molar-refractivity contribution is 5.76. The molecule has 4 heteroatoms. The number of amides is 1. The molecule has 0 saturated carbocycles. The van der Waals surface area contributed by atoms with Crippen molar-refractivity contribution in [2.75, 3.05) is 32.7 Å². The zero-order valence-corrected chi connectivity index (χ0v) is 16.5. The predicted molar refractivity (Wildman–Crippen MR) is 111 cm³/mol. The highest BCUT2D eigenvalue weighted by Crippen LogP contribution is 2.29. The fourth-order valence-electron chi connectivity index (χ4n) is 3.78. The molecule has 1 heterocycles. The Morgan fingerprint density at radius 1 is 0.889 bits per heavy atom. The van der Waals surface area contributed by atoms with Crippen molar-refractivity contribution >= 4 is 5.91 Å². The number of hydrogen-bond acceptors (Lipinski definition) is 3. The number of carbonyl (C=O) groups excluding carboxylic acids is 1. The molecular formula is C23H31N3O. The number of piperazine rings is 1. The SMILES string of the molecule is CC(C)NC(=O)CCN1CCN(C(c2ccccc2)c2ccccc2)CC1. The second-order valence-corrected chi connectivity index (χ2v) is 7.57. The summed E-state index contributed by atoms with van der Waals surface area (Å²) in [6, 6.07) is 22.0. The lowest BCUT2D eigenvalue weighted by atomic mass is 9.96. The van der Waals surface area contributed by atoms with Crippen molar-refractivity contribution < 1.29 is 4.79 Å². The van der Waals surface area contributed by atoms with Gasteiger partial charge >= 0.3 is 0 Å². The number of rotatable bonds is 7. The number of carbonyl (C=O) groups is 1. The van der Waals surface area contributed by atoms with Gasteiger partial charge in [0, 0.05) is 45.2 Å². The van der Waals surface area contributed by atoms with Gasteiger partial charge in [0.1, 0.15) is 0 Å². The van der Waals surface area contributed by atoms with Crippen molar-refractivity contribution in [3.63, 3.8) is 0 Å². The van der Waals surface area contributed by atoms with Gasteiger partial charge in [-0.05, 0) is 25.0 Å². The van der Waals surface area contributed by atoms with Crippen LogP contribution in [-0.4, -0.2) is 54.5 Å². The topological polar surface area (TPSA) is 35.6 Å². The van der Waals surface area contributed by atoms with E-state index >= 15 is 0 Å². The molecule has 0 aromatic heterocycles. The van der Waals surface area contributed by atoms with Crippen LogP contribution >= 0.6 is 0 Å². The number of hydrogen-bond donors (Lipinski definition) is 1. The van der Waals surface area contributed by atoms with E-state index in [-0.39, 0.29) is 11.9 Å². The summed E-state index contributed by atoms with van der Waals surface area (Å²) < 4.78 is 0. The summed E-state index contributed by atoms with van der Waals surface area (Å²) in [5.74, 6) is 0.152. The minimum absolute atomic E-state index is 0.152. The highest BCUT2D eigenvalue weighted by atomic mass is 16.1. The molecule has 0 aliphatic carbocycles. The minimum atomic E-state index is 0.152. The summed E-state index contributed by atoms with van der Waals surface area (Å²) in [4.78, 5) is 16.9. The lowest BCUT2D eigenvalue weighted by Gasteiger charge is -2.39. The first-order valence-corrected chi connectivity index (χ1v) is 9.99. The van der Waals surface area contributed by atoms with Gasteiger partial charge in [0.25, 0.3) is 0 Å². The maximum atomic E-state index is 11.9. The third-order valence-electron chi connectivity index (χ3n) is 5.11. The van der Waals surface area contributed by atoms with Gasteiger partial charge in [-0.2, -0.15) is 0 Å².